The molecule has 3 rings (SSSR count). The van der Waals surface area contributed by atoms with E-state index >= 15 is 0 Å². The molecule has 0 spiro atoms. The molecular formula is C13H25ClN2O. The van der Waals surface area contributed by atoms with Crippen LogP contribution in [0.5, 0.6) is 0 Å². The normalized spacial score (nSPS) is 35.3. The molecule has 1 N–H and O–H groups in total. The fourth-order valence-corrected chi connectivity index (χ4v) is 3.58. The van der Waals surface area contributed by atoms with E-state index in [9.17, 15) is 0 Å². The highest BCUT2D eigenvalue weighted by molar-refractivity contribution is 5.85. The molecule has 3 aliphatic heterocycles. The SMILES string of the molecule is C1CC2CN(CC3CCOCC3)CCC2N1.Cl. The van der Waals surface area contributed by atoms with E-state index in [-0.39, 0.29) is 12.4 Å². The topological polar surface area (TPSA) is 24.5 Å². The summed E-state index contributed by atoms with van der Waals surface area (Å²) in [6.07, 6.45) is 5.33. The molecule has 17 heavy (non-hydrogen) atoms. The lowest BCUT2D eigenvalue weighted by molar-refractivity contribution is 0.0441. The van der Waals surface area contributed by atoms with Crippen LogP contribution in [-0.4, -0.2) is 50.3 Å². The second kappa shape index (κ2) is 6.37. The molecule has 4 heteroatoms. The molecule has 3 nitrogen and oxygen atoms in total. The molecule has 0 amide bonds. The molecule has 2 atom stereocenters. The zero-order chi connectivity index (χ0) is 10.8. The average Bonchev–Trinajstić information content (AvgIpc) is 2.77. The van der Waals surface area contributed by atoms with E-state index in [0.717, 1.165) is 31.1 Å². The number of halogens is 1. The molecule has 0 radical (unpaired) electrons. The van der Waals surface area contributed by atoms with E-state index < -0.39 is 0 Å². The van der Waals surface area contributed by atoms with E-state index in [1.807, 2.05) is 0 Å². The Hall–Kier alpha value is 0.170. The Balaban J connectivity index is 0.00000108. The van der Waals surface area contributed by atoms with E-state index in [1.165, 1.54) is 51.9 Å². The van der Waals surface area contributed by atoms with Crippen molar-refractivity contribution in [2.75, 3.05) is 39.4 Å². The second-order valence-corrected chi connectivity index (χ2v) is 5.71. The third-order valence-corrected chi connectivity index (χ3v) is 4.60. The van der Waals surface area contributed by atoms with Gasteiger partial charge in [0.25, 0.3) is 0 Å². The van der Waals surface area contributed by atoms with E-state index in [1.54, 1.807) is 0 Å². The van der Waals surface area contributed by atoms with Crippen LogP contribution in [0.3, 0.4) is 0 Å². The van der Waals surface area contributed by atoms with Crippen molar-refractivity contribution < 1.29 is 4.74 Å². The van der Waals surface area contributed by atoms with Gasteiger partial charge in [-0.1, -0.05) is 0 Å². The van der Waals surface area contributed by atoms with Crippen molar-refractivity contribution in [3.05, 3.63) is 0 Å². The van der Waals surface area contributed by atoms with Gasteiger partial charge in [0.1, 0.15) is 0 Å². The fraction of sp³-hybridized carbons (Fsp3) is 1.00. The monoisotopic (exact) mass is 260 g/mol. The summed E-state index contributed by atoms with van der Waals surface area (Å²) < 4.78 is 5.43. The molecule has 100 valence electrons. The summed E-state index contributed by atoms with van der Waals surface area (Å²) in [6.45, 7) is 7.21. The van der Waals surface area contributed by atoms with Gasteiger partial charge < -0.3 is 15.0 Å². The Bertz CT molecular complexity index is 233. The van der Waals surface area contributed by atoms with Crippen molar-refractivity contribution in [1.82, 2.24) is 10.2 Å². The number of nitrogens with zero attached hydrogens (tertiary/aromatic N) is 1. The maximum atomic E-state index is 5.43. The van der Waals surface area contributed by atoms with Crippen LogP contribution in [0, 0.1) is 11.8 Å². The zero-order valence-electron chi connectivity index (χ0n) is 10.6. The van der Waals surface area contributed by atoms with Crippen LogP contribution >= 0.6 is 12.4 Å². The van der Waals surface area contributed by atoms with Gasteiger partial charge >= 0.3 is 0 Å². The lowest BCUT2D eigenvalue weighted by Gasteiger charge is -2.37. The first-order valence-corrected chi connectivity index (χ1v) is 6.95. The molecule has 0 aromatic rings. The van der Waals surface area contributed by atoms with Crippen molar-refractivity contribution in [3.8, 4) is 0 Å². The third-order valence-electron chi connectivity index (χ3n) is 4.60. The minimum absolute atomic E-state index is 0. The number of ether oxygens (including phenoxy) is 1. The quantitative estimate of drug-likeness (QED) is 0.815. The lowest BCUT2D eigenvalue weighted by Crippen LogP contribution is -2.46. The molecule has 2 unspecified atom stereocenters. The Kier molecular flexibility index (Phi) is 5.10. The first-order valence-electron chi connectivity index (χ1n) is 6.95. The Morgan fingerprint density at radius 2 is 1.94 bits per heavy atom. The van der Waals surface area contributed by atoms with Crippen LogP contribution < -0.4 is 5.32 Å². The van der Waals surface area contributed by atoms with Crippen molar-refractivity contribution in [2.45, 2.75) is 31.7 Å². The van der Waals surface area contributed by atoms with Gasteiger partial charge in [-0.2, -0.15) is 0 Å². The number of piperidine rings is 1. The molecule has 0 aliphatic carbocycles. The predicted molar refractivity (Wildman–Crippen MR) is 71.7 cm³/mol. The number of fused-ring (bicyclic) bond motifs is 1. The predicted octanol–water partition coefficient (Wildman–Crippen LogP) is 1.52. The Labute approximate surface area is 111 Å². The first-order chi connectivity index (χ1) is 7.92. The summed E-state index contributed by atoms with van der Waals surface area (Å²) in [4.78, 5) is 2.71. The molecule has 3 saturated heterocycles. The smallest absolute Gasteiger partial charge is 0.0469 e. The van der Waals surface area contributed by atoms with Crippen LogP contribution in [0.25, 0.3) is 0 Å². The van der Waals surface area contributed by atoms with E-state index in [0.29, 0.717) is 0 Å². The third kappa shape index (κ3) is 3.34. The highest BCUT2D eigenvalue weighted by atomic mass is 35.5. The second-order valence-electron chi connectivity index (χ2n) is 5.71. The molecule has 0 aromatic heterocycles. The minimum Gasteiger partial charge on any atom is -0.381 e. The fourth-order valence-electron chi connectivity index (χ4n) is 3.58. The number of rotatable bonds is 2. The molecule has 3 aliphatic rings. The first kappa shape index (κ1) is 13.6. The van der Waals surface area contributed by atoms with Crippen molar-refractivity contribution in [1.29, 1.82) is 0 Å². The lowest BCUT2D eigenvalue weighted by atomic mass is 9.91. The average molecular weight is 261 g/mol. The molecule has 3 fully saturated rings. The van der Waals surface area contributed by atoms with Crippen LogP contribution in [0.15, 0.2) is 0 Å². The molecule has 0 bridgehead atoms. The van der Waals surface area contributed by atoms with E-state index in [4.69, 9.17) is 4.74 Å². The van der Waals surface area contributed by atoms with Gasteiger partial charge in [-0.15, -0.1) is 12.4 Å². The summed E-state index contributed by atoms with van der Waals surface area (Å²) in [5, 5.41) is 3.64. The van der Waals surface area contributed by atoms with Crippen LogP contribution in [0.1, 0.15) is 25.7 Å². The molecule has 0 aromatic carbocycles. The molecule has 3 heterocycles. The maximum absolute atomic E-state index is 5.43. The summed E-state index contributed by atoms with van der Waals surface area (Å²) in [5.74, 6) is 1.84. The van der Waals surface area contributed by atoms with Gasteiger partial charge in [0.05, 0.1) is 0 Å². The highest BCUT2D eigenvalue weighted by Crippen LogP contribution is 2.26. The number of likely N-dealkylation sites (tertiary alicyclic amines) is 1. The zero-order valence-corrected chi connectivity index (χ0v) is 11.4. The van der Waals surface area contributed by atoms with Crippen LogP contribution in [-0.2, 0) is 4.74 Å². The van der Waals surface area contributed by atoms with Crippen molar-refractivity contribution in [2.24, 2.45) is 11.8 Å². The Morgan fingerprint density at radius 3 is 2.76 bits per heavy atom. The van der Waals surface area contributed by atoms with Gasteiger partial charge in [0.15, 0.2) is 0 Å². The maximum Gasteiger partial charge on any atom is 0.0469 e. The summed E-state index contributed by atoms with van der Waals surface area (Å²) in [7, 11) is 0. The van der Waals surface area contributed by atoms with Gasteiger partial charge in [0.2, 0.25) is 0 Å². The van der Waals surface area contributed by atoms with Gasteiger partial charge in [-0.3, -0.25) is 0 Å². The van der Waals surface area contributed by atoms with Crippen LogP contribution in [0.4, 0.5) is 0 Å². The summed E-state index contributed by atoms with van der Waals surface area (Å²) >= 11 is 0. The highest BCUT2D eigenvalue weighted by Gasteiger charge is 2.33. The minimum atomic E-state index is 0. The standard InChI is InChI=1S/C13H24N2O.ClH/c1-5-14-13-2-6-15(10-12(1)13)9-11-3-7-16-8-4-11;/h11-14H,1-10H2;1H. The van der Waals surface area contributed by atoms with Crippen LogP contribution in [0.2, 0.25) is 0 Å². The van der Waals surface area contributed by atoms with E-state index in [2.05, 4.69) is 10.2 Å². The Morgan fingerprint density at radius 1 is 1.12 bits per heavy atom. The summed E-state index contributed by atoms with van der Waals surface area (Å²) in [5.41, 5.74) is 0. The van der Waals surface area contributed by atoms with Crippen molar-refractivity contribution in [3.63, 3.8) is 0 Å². The number of hydrogen-bond donors (Lipinski definition) is 1. The van der Waals surface area contributed by atoms with Gasteiger partial charge in [-0.25, -0.2) is 0 Å². The van der Waals surface area contributed by atoms with Gasteiger partial charge in [0, 0.05) is 32.3 Å². The molecule has 0 saturated carbocycles. The van der Waals surface area contributed by atoms with Gasteiger partial charge in [-0.05, 0) is 50.6 Å². The number of nitrogens with one attached hydrogen (secondary N) is 1. The number of hydrogen-bond acceptors (Lipinski definition) is 3. The summed E-state index contributed by atoms with van der Waals surface area (Å²) in [6, 6.07) is 0.839. The molecular weight excluding hydrogens is 236 g/mol. The largest absolute Gasteiger partial charge is 0.381 e. The van der Waals surface area contributed by atoms with Crippen molar-refractivity contribution >= 4 is 12.4 Å².